The number of benzene rings is 1. The summed E-state index contributed by atoms with van der Waals surface area (Å²) in [5, 5.41) is 44.6. The quantitative estimate of drug-likeness (QED) is 0.313. The van der Waals surface area contributed by atoms with Crippen molar-refractivity contribution in [3.63, 3.8) is 0 Å². The van der Waals surface area contributed by atoms with Gasteiger partial charge in [-0.1, -0.05) is 6.07 Å². The second kappa shape index (κ2) is 11.1. The van der Waals surface area contributed by atoms with Crippen molar-refractivity contribution in [3.05, 3.63) is 64.2 Å². The minimum Gasteiger partial charge on any atom is -0.511 e. The molecule has 1 fully saturated rings. The molecule has 5 rings (SSSR count). The summed E-state index contributed by atoms with van der Waals surface area (Å²) in [5.41, 5.74) is 7.45. The molecule has 3 aliphatic carbocycles. The highest BCUT2D eigenvalue weighted by Gasteiger charge is 2.51. The number of nitrogens with zero attached hydrogens (tertiary/aromatic N) is 1. The number of carbonyl (C=O) groups is 3. The second-order valence-corrected chi connectivity index (χ2v) is 9.48. The second-order valence-electron chi connectivity index (χ2n) is 9.48. The molecular weight excluding hydrogens is 494 g/mol. The molecule has 1 unspecified atom stereocenters. The Labute approximate surface area is 218 Å². The number of carbonyl (C=O) groups excluding carboxylic acids is 3. The van der Waals surface area contributed by atoms with Gasteiger partial charge in [-0.05, 0) is 67.6 Å². The summed E-state index contributed by atoms with van der Waals surface area (Å²) in [6.07, 6.45) is 3.66. The third kappa shape index (κ3) is 4.67. The fourth-order valence-electron chi connectivity index (χ4n) is 5.63. The standard InChI is InChI=1S/C25H22N2O7.C2H7N.H2O/c26-25(34)21-17(30)6-12-4-11-5-15-14(13-3-10(9-28)7-27-8-13)1-2-16(29)20(15)23(32)18(11)22(31)19(12)24(21)33;1-3-2;/h1-3,7-8,11-12,19,28-29,32-33H,4-6,9H2,(H2,26,34);3H,1-2H3;1H2/t11-,12+,19?;;/m1../s1. The number of fused-ring (bicyclic) bond motifs is 3. The lowest BCUT2D eigenvalue weighted by atomic mass is 9.61. The Bertz CT molecular complexity index is 1360. The number of aromatic hydroxyl groups is 1. The Balaban J connectivity index is 0.000000956. The van der Waals surface area contributed by atoms with Crippen LogP contribution >= 0.6 is 0 Å². The number of aliphatic hydroxyl groups is 3. The number of pyridine rings is 1. The molecule has 0 aliphatic heterocycles. The highest BCUT2D eigenvalue weighted by Crippen LogP contribution is 2.51. The number of aromatic nitrogens is 1. The summed E-state index contributed by atoms with van der Waals surface area (Å²) in [6.45, 7) is -0.199. The van der Waals surface area contributed by atoms with Crippen molar-refractivity contribution in [3.8, 4) is 16.9 Å². The van der Waals surface area contributed by atoms with Gasteiger partial charge in [0.25, 0.3) is 5.91 Å². The van der Waals surface area contributed by atoms with Crippen molar-refractivity contribution in [2.45, 2.75) is 25.9 Å². The zero-order valence-corrected chi connectivity index (χ0v) is 21.0. The largest absolute Gasteiger partial charge is 0.511 e. The first-order chi connectivity index (χ1) is 17.6. The van der Waals surface area contributed by atoms with E-state index >= 15 is 0 Å². The zero-order chi connectivity index (χ0) is 27.0. The van der Waals surface area contributed by atoms with Crippen molar-refractivity contribution in [2.24, 2.45) is 23.5 Å². The summed E-state index contributed by atoms with van der Waals surface area (Å²) >= 11 is 0. The average Bonchev–Trinajstić information content (AvgIpc) is 2.84. The van der Waals surface area contributed by atoms with Crippen molar-refractivity contribution < 1.29 is 40.3 Å². The first-order valence-corrected chi connectivity index (χ1v) is 11.9. The lowest BCUT2D eigenvalue weighted by Crippen LogP contribution is -2.44. The van der Waals surface area contributed by atoms with E-state index < -0.39 is 46.6 Å². The number of amides is 1. The van der Waals surface area contributed by atoms with E-state index in [1.165, 1.54) is 12.3 Å². The van der Waals surface area contributed by atoms with Crippen LogP contribution in [0.25, 0.3) is 16.9 Å². The van der Waals surface area contributed by atoms with Crippen LogP contribution in [-0.4, -0.2) is 62.5 Å². The summed E-state index contributed by atoms with van der Waals surface area (Å²) in [5.74, 6) is -5.65. The number of hydrogen-bond donors (Lipinski definition) is 6. The maximum Gasteiger partial charge on any atom is 0.255 e. The van der Waals surface area contributed by atoms with Crippen LogP contribution in [0.1, 0.15) is 29.5 Å². The molecule has 202 valence electrons. The molecule has 11 nitrogen and oxygen atoms in total. The van der Waals surface area contributed by atoms with Gasteiger partial charge in [0.1, 0.15) is 22.8 Å². The number of allylic oxidation sites excluding steroid dienone is 2. The molecule has 38 heavy (non-hydrogen) atoms. The Kier molecular flexibility index (Phi) is 8.35. The number of phenols is 1. The average molecular weight is 526 g/mol. The molecular formula is C27H31N3O8. The molecule has 3 aliphatic rings. The van der Waals surface area contributed by atoms with Crippen LogP contribution < -0.4 is 11.1 Å². The number of primary amides is 1. The normalized spacial score (nSPS) is 21.9. The van der Waals surface area contributed by atoms with Gasteiger partial charge >= 0.3 is 0 Å². The number of rotatable bonds is 3. The van der Waals surface area contributed by atoms with E-state index in [4.69, 9.17) is 5.73 Å². The first-order valence-electron chi connectivity index (χ1n) is 11.9. The molecule has 3 atom stereocenters. The van der Waals surface area contributed by atoms with E-state index in [0.29, 0.717) is 35.1 Å². The lowest BCUT2D eigenvalue weighted by molar-refractivity contribution is -0.127. The molecule has 1 aromatic carbocycles. The maximum absolute atomic E-state index is 13.5. The zero-order valence-electron chi connectivity index (χ0n) is 21.0. The molecule has 1 amide bonds. The molecule has 11 heteroatoms. The Morgan fingerprint density at radius 3 is 2.45 bits per heavy atom. The van der Waals surface area contributed by atoms with E-state index in [0.717, 1.165) is 0 Å². The summed E-state index contributed by atoms with van der Waals surface area (Å²) in [7, 11) is 3.75. The minimum atomic E-state index is -1.15. The van der Waals surface area contributed by atoms with E-state index in [1.807, 2.05) is 14.1 Å². The predicted molar refractivity (Wildman–Crippen MR) is 138 cm³/mol. The Hall–Kier alpha value is -4.06. The third-order valence-electron chi connectivity index (χ3n) is 7.06. The van der Waals surface area contributed by atoms with Crippen molar-refractivity contribution >= 4 is 23.2 Å². The molecule has 0 saturated heterocycles. The molecule has 0 bridgehead atoms. The van der Waals surface area contributed by atoms with Gasteiger partial charge in [-0.2, -0.15) is 0 Å². The molecule has 0 radical (unpaired) electrons. The van der Waals surface area contributed by atoms with Gasteiger partial charge in [-0.25, -0.2) is 0 Å². The molecule has 1 saturated carbocycles. The monoisotopic (exact) mass is 525 g/mol. The molecule has 1 aromatic heterocycles. The number of nitrogens with two attached hydrogens (primary N) is 1. The number of ketones is 2. The van der Waals surface area contributed by atoms with Gasteiger partial charge in [0.15, 0.2) is 11.6 Å². The van der Waals surface area contributed by atoms with Gasteiger partial charge in [0.2, 0.25) is 0 Å². The van der Waals surface area contributed by atoms with Crippen LogP contribution in [0.2, 0.25) is 0 Å². The number of Topliss-reactive ketones (excluding diaryl/α,β-unsaturated/α-hetero) is 2. The van der Waals surface area contributed by atoms with Crippen molar-refractivity contribution in [1.82, 2.24) is 10.3 Å². The highest BCUT2D eigenvalue weighted by atomic mass is 16.3. The van der Waals surface area contributed by atoms with Gasteiger partial charge in [0, 0.05) is 30.0 Å². The van der Waals surface area contributed by atoms with Gasteiger partial charge < -0.3 is 37.0 Å². The third-order valence-corrected chi connectivity index (χ3v) is 7.06. The van der Waals surface area contributed by atoms with Crippen LogP contribution in [0.4, 0.5) is 0 Å². The lowest BCUT2D eigenvalue weighted by Gasteiger charge is -2.41. The van der Waals surface area contributed by atoms with Crippen LogP contribution in [-0.2, 0) is 27.4 Å². The maximum atomic E-state index is 13.5. The van der Waals surface area contributed by atoms with Gasteiger partial charge in [-0.3, -0.25) is 19.4 Å². The first kappa shape index (κ1) is 28.5. The summed E-state index contributed by atoms with van der Waals surface area (Å²) < 4.78 is 0. The number of nitrogens with one attached hydrogen (secondary N) is 1. The van der Waals surface area contributed by atoms with E-state index in [9.17, 15) is 34.8 Å². The smallest absolute Gasteiger partial charge is 0.255 e. The van der Waals surface area contributed by atoms with Crippen molar-refractivity contribution in [2.75, 3.05) is 14.1 Å². The number of aliphatic hydroxyl groups excluding tert-OH is 3. The summed E-state index contributed by atoms with van der Waals surface area (Å²) in [4.78, 5) is 41.7. The Morgan fingerprint density at radius 1 is 1.13 bits per heavy atom. The molecule has 9 N–H and O–H groups in total. The van der Waals surface area contributed by atoms with Crippen molar-refractivity contribution in [1.29, 1.82) is 0 Å². The number of phenolic OH excluding ortho intramolecular Hbond substituents is 1. The van der Waals surface area contributed by atoms with Gasteiger partial charge in [-0.15, -0.1) is 0 Å². The predicted octanol–water partition coefficient (Wildman–Crippen LogP) is 0.874. The molecule has 2 aromatic rings. The van der Waals surface area contributed by atoms with Crippen LogP contribution in [0, 0.1) is 17.8 Å². The topological polar surface area (TPSA) is 215 Å². The molecule has 1 heterocycles. The molecule has 0 spiro atoms. The van der Waals surface area contributed by atoms with E-state index in [-0.39, 0.29) is 41.1 Å². The SMILES string of the molecule is CNC.NC(=O)C1=C(O)C2C(=O)C3=C(O)c4c(O)ccc(-c5cncc(CO)c5)c4C[C@H]3C[C@H]2CC1=O.O. The number of hydrogen-bond acceptors (Lipinski definition) is 9. The van der Waals surface area contributed by atoms with Crippen LogP contribution in [0.15, 0.2) is 47.5 Å². The summed E-state index contributed by atoms with van der Waals surface area (Å²) in [6, 6.07) is 4.86. The van der Waals surface area contributed by atoms with Crippen LogP contribution in [0.5, 0.6) is 5.75 Å². The van der Waals surface area contributed by atoms with Gasteiger partial charge in [0.05, 0.1) is 18.1 Å². The van der Waals surface area contributed by atoms with E-state index in [1.54, 1.807) is 18.3 Å². The van der Waals surface area contributed by atoms with E-state index in [2.05, 4.69) is 10.3 Å². The Morgan fingerprint density at radius 2 is 1.82 bits per heavy atom. The fourth-order valence-corrected chi connectivity index (χ4v) is 5.63. The van der Waals surface area contributed by atoms with Crippen LogP contribution in [0.3, 0.4) is 0 Å². The minimum absolute atomic E-state index is 0. The fraction of sp³-hybridized carbons (Fsp3) is 0.333. The highest BCUT2D eigenvalue weighted by molar-refractivity contribution is 6.21.